The third-order valence-corrected chi connectivity index (χ3v) is 6.04. The predicted octanol–water partition coefficient (Wildman–Crippen LogP) is 5.10. The van der Waals surface area contributed by atoms with Gasteiger partial charge in [-0.25, -0.2) is 0 Å². The maximum absolute atomic E-state index is 12.0. The van der Waals surface area contributed by atoms with E-state index in [1.165, 1.54) is 37.8 Å². The van der Waals surface area contributed by atoms with Crippen LogP contribution in [0.5, 0.6) is 5.75 Å². The van der Waals surface area contributed by atoms with E-state index in [0.717, 1.165) is 17.7 Å². The quantitative estimate of drug-likeness (QED) is 0.650. The molecule has 1 amide bonds. The molecule has 2 aliphatic carbocycles. The summed E-state index contributed by atoms with van der Waals surface area (Å²) < 4.78 is 40.7. The third-order valence-electron chi connectivity index (χ3n) is 4.20. The minimum Gasteiger partial charge on any atom is -0.484 e. The van der Waals surface area contributed by atoms with Gasteiger partial charge in [0.05, 0.1) is 11.1 Å². The molecule has 9 heteroatoms. The molecule has 1 aromatic carbocycles. The van der Waals surface area contributed by atoms with Gasteiger partial charge in [-0.2, -0.15) is 18.4 Å². The fraction of sp³-hybridized carbons (Fsp3) is 0.556. The summed E-state index contributed by atoms with van der Waals surface area (Å²) in [6, 6.07) is 6.73. The number of nitrogens with one attached hydrogen (secondary N) is 1. The Morgan fingerprint density at radius 2 is 2.04 bits per heavy atom. The Kier molecular flexibility index (Phi) is 7.68. The highest BCUT2D eigenvalue weighted by Gasteiger charge is 2.42. The molecule has 0 atom stereocenters. The van der Waals surface area contributed by atoms with E-state index in [2.05, 4.69) is 10.1 Å². The Bertz CT molecular complexity index is 684. The van der Waals surface area contributed by atoms with Crippen molar-refractivity contribution >= 4 is 29.8 Å². The first-order valence-corrected chi connectivity index (χ1v) is 9.81. The lowest BCUT2D eigenvalue weighted by Gasteiger charge is -2.13. The molecule has 0 heterocycles. The molecule has 0 unspecified atom stereocenters. The average molecular weight is 421 g/mol. The normalized spacial score (nSPS) is 18.0. The van der Waals surface area contributed by atoms with Crippen LogP contribution in [-0.4, -0.2) is 30.0 Å². The average Bonchev–Trinajstić information content (AvgIpc) is 3.20. The Labute approximate surface area is 165 Å². The highest BCUT2D eigenvalue weighted by molar-refractivity contribution is 8.00. The van der Waals surface area contributed by atoms with Crippen LogP contribution < -0.4 is 10.1 Å². The van der Waals surface area contributed by atoms with Crippen molar-refractivity contribution in [1.29, 1.82) is 5.26 Å². The molecule has 2 fully saturated rings. The van der Waals surface area contributed by atoms with Crippen LogP contribution in [0.15, 0.2) is 23.1 Å². The van der Waals surface area contributed by atoms with Crippen molar-refractivity contribution in [3.05, 3.63) is 23.2 Å². The van der Waals surface area contributed by atoms with Gasteiger partial charge in [0.15, 0.2) is 6.61 Å². The zero-order valence-corrected chi connectivity index (χ0v) is 16.1. The molecule has 0 radical (unpaired) electrons. The number of carbonyl (C=O) groups is 1. The van der Waals surface area contributed by atoms with Crippen molar-refractivity contribution in [1.82, 2.24) is 5.32 Å². The number of thioether (sulfide) groups is 1. The maximum atomic E-state index is 12.0. The second kappa shape index (κ2) is 9.56. The van der Waals surface area contributed by atoms with Gasteiger partial charge in [-0.1, -0.05) is 24.4 Å². The number of rotatable bonds is 6. The van der Waals surface area contributed by atoms with E-state index in [-0.39, 0.29) is 5.75 Å². The molecule has 0 aliphatic heterocycles. The number of nitrogens with zero attached hydrogens (tertiary/aromatic N) is 1. The summed E-state index contributed by atoms with van der Waals surface area (Å²) in [4.78, 5) is 10.7. The number of nitriles is 1. The Morgan fingerprint density at radius 1 is 1.37 bits per heavy atom. The van der Waals surface area contributed by atoms with E-state index in [4.69, 9.17) is 16.9 Å². The SMILES string of the molecule is FC(F)(F)COc1ccc(SC2CCCC2)c(Cl)c1.N#CC1(NC=O)CC1. The van der Waals surface area contributed by atoms with Gasteiger partial charge in [-0.3, -0.25) is 4.79 Å². The third kappa shape index (κ3) is 7.51. The summed E-state index contributed by atoms with van der Waals surface area (Å²) >= 11 is 7.78. The van der Waals surface area contributed by atoms with Crippen LogP contribution >= 0.6 is 23.4 Å². The first-order valence-electron chi connectivity index (χ1n) is 8.55. The van der Waals surface area contributed by atoms with Crippen LogP contribution in [0.4, 0.5) is 13.2 Å². The molecule has 0 saturated heterocycles. The van der Waals surface area contributed by atoms with Gasteiger partial charge in [0.2, 0.25) is 6.41 Å². The number of amides is 1. The Hall–Kier alpha value is -1.59. The number of carbonyl (C=O) groups excluding carboxylic acids is 1. The molecular formula is C18H20ClF3N2O2S. The summed E-state index contributed by atoms with van der Waals surface area (Å²) in [5.74, 6) is 0.151. The van der Waals surface area contributed by atoms with Crippen LogP contribution in [0, 0.1) is 11.3 Å². The van der Waals surface area contributed by atoms with Gasteiger partial charge in [0, 0.05) is 10.1 Å². The highest BCUT2D eigenvalue weighted by Crippen LogP contribution is 2.39. The van der Waals surface area contributed by atoms with E-state index in [1.807, 2.05) is 6.07 Å². The lowest BCUT2D eigenvalue weighted by atomic mass is 10.3. The van der Waals surface area contributed by atoms with Crippen molar-refractivity contribution in [3.63, 3.8) is 0 Å². The Morgan fingerprint density at radius 3 is 2.48 bits per heavy atom. The minimum atomic E-state index is -4.33. The highest BCUT2D eigenvalue weighted by atomic mass is 35.5. The molecule has 0 aromatic heterocycles. The molecule has 2 saturated carbocycles. The standard InChI is InChI=1S/C13H14ClF3OS.C5H6N2O/c14-11-7-9(18-8-13(15,16)17)5-6-12(11)19-10-3-1-2-4-10;6-3-5(1-2-5)7-4-8/h5-7,10H,1-4,8H2;4H,1-2H2,(H,7,8). The van der Waals surface area contributed by atoms with E-state index < -0.39 is 18.3 Å². The van der Waals surface area contributed by atoms with Crippen molar-refractivity contribution in [3.8, 4) is 11.8 Å². The number of ether oxygens (including phenoxy) is 1. The predicted molar refractivity (Wildman–Crippen MR) is 97.9 cm³/mol. The minimum absolute atomic E-state index is 0.151. The van der Waals surface area contributed by atoms with Crippen molar-refractivity contribution < 1.29 is 22.7 Å². The maximum Gasteiger partial charge on any atom is 0.422 e. The van der Waals surface area contributed by atoms with Crippen LogP contribution in [0.1, 0.15) is 38.5 Å². The first kappa shape index (κ1) is 21.7. The summed E-state index contributed by atoms with van der Waals surface area (Å²) in [5, 5.41) is 11.8. The lowest BCUT2D eigenvalue weighted by Crippen LogP contribution is -2.27. The second-order valence-corrected chi connectivity index (χ2v) is 8.23. The van der Waals surface area contributed by atoms with Gasteiger partial charge in [-0.05, 0) is 43.9 Å². The molecule has 2 aliphatic rings. The van der Waals surface area contributed by atoms with Crippen LogP contribution in [0.3, 0.4) is 0 Å². The van der Waals surface area contributed by atoms with Gasteiger partial charge >= 0.3 is 6.18 Å². The monoisotopic (exact) mass is 420 g/mol. The van der Waals surface area contributed by atoms with Crippen molar-refractivity contribution in [2.24, 2.45) is 0 Å². The van der Waals surface area contributed by atoms with Gasteiger partial charge in [-0.15, -0.1) is 11.8 Å². The molecule has 3 rings (SSSR count). The molecule has 4 nitrogen and oxygen atoms in total. The molecule has 0 spiro atoms. The van der Waals surface area contributed by atoms with Crippen LogP contribution in [0.2, 0.25) is 5.02 Å². The summed E-state index contributed by atoms with van der Waals surface area (Å²) in [7, 11) is 0. The molecule has 0 bridgehead atoms. The number of hydrogen-bond donors (Lipinski definition) is 1. The molecule has 148 valence electrons. The zero-order chi connectivity index (χ0) is 19.9. The molecule has 27 heavy (non-hydrogen) atoms. The summed E-state index contributed by atoms with van der Waals surface area (Å²) in [6.45, 7) is -1.29. The smallest absolute Gasteiger partial charge is 0.422 e. The topological polar surface area (TPSA) is 62.1 Å². The number of hydrogen-bond acceptors (Lipinski definition) is 4. The zero-order valence-electron chi connectivity index (χ0n) is 14.5. The Balaban J connectivity index is 0.000000273. The van der Waals surface area contributed by atoms with Crippen LogP contribution in [-0.2, 0) is 4.79 Å². The fourth-order valence-corrected chi connectivity index (χ4v) is 4.09. The number of benzene rings is 1. The number of halogens is 4. The van der Waals surface area contributed by atoms with Crippen LogP contribution in [0.25, 0.3) is 0 Å². The van der Waals surface area contributed by atoms with E-state index >= 15 is 0 Å². The van der Waals surface area contributed by atoms with E-state index in [9.17, 15) is 18.0 Å². The van der Waals surface area contributed by atoms with Crippen molar-refractivity contribution in [2.75, 3.05) is 6.61 Å². The van der Waals surface area contributed by atoms with Gasteiger partial charge in [0.1, 0.15) is 11.3 Å². The summed E-state index contributed by atoms with van der Waals surface area (Å²) in [5.41, 5.74) is -0.470. The van der Waals surface area contributed by atoms with Gasteiger partial charge < -0.3 is 10.1 Å². The molecule has 1 N–H and O–H groups in total. The molecule has 1 aromatic rings. The van der Waals surface area contributed by atoms with Gasteiger partial charge in [0.25, 0.3) is 0 Å². The number of alkyl halides is 3. The van der Waals surface area contributed by atoms with E-state index in [1.54, 1.807) is 17.8 Å². The second-order valence-electron chi connectivity index (χ2n) is 6.48. The molecular weight excluding hydrogens is 401 g/mol. The fourth-order valence-electron chi connectivity index (χ4n) is 2.54. The summed E-state index contributed by atoms with van der Waals surface area (Å²) in [6.07, 6.45) is 2.69. The lowest BCUT2D eigenvalue weighted by molar-refractivity contribution is -0.153. The largest absolute Gasteiger partial charge is 0.484 e. The first-order chi connectivity index (χ1) is 12.8. The van der Waals surface area contributed by atoms with Crippen molar-refractivity contribution in [2.45, 2.75) is 60.4 Å². The van der Waals surface area contributed by atoms with E-state index in [0.29, 0.717) is 16.7 Å².